The van der Waals surface area contributed by atoms with Crippen molar-refractivity contribution in [3.8, 4) is 11.4 Å². The van der Waals surface area contributed by atoms with Gasteiger partial charge < -0.3 is 20.7 Å². The molecule has 0 saturated heterocycles. The number of hydrogen-bond donors (Lipinski definition) is 3. The van der Waals surface area contributed by atoms with Gasteiger partial charge in [0, 0.05) is 40.7 Å². The lowest BCUT2D eigenvalue weighted by Crippen LogP contribution is -2.50. The van der Waals surface area contributed by atoms with Gasteiger partial charge in [-0.25, -0.2) is 9.37 Å². The molecule has 3 aromatic rings. The van der Waals surface area contributed by atoms with Crippen LogP contribution in [0.1, 0.15) is 59.2 Å². The first kappa shape index (κ1) is 19.6. The number of nitrogens with one attached hydrogen (secondary N) is 1. The van der Waals surface area contributed by atoms with Crippen molar-refractivity contribution in [3.05, 3.63) is 61.7 Å². The Hall–Kier alpha value is -3.10. The molecule has 0 unspecified atom stereocenters. The number of rotatable bonds is 1. The molecule has 2 atom stereocenters. The van der Waals surface area contributed by atoms with Gasteiger partial charge in [-0.15, -0.1) is 0 Å². The molecule has 1 aliphatic carbocycles. The molecule has 1 aromatic carbocycles. The number of aliphatic hydroxyl groups is 1. The van der Waals surface area contributed by atoms with E-state index in [0.29, 0.717) is 53.0 Å². The number of nitrogens with zero attached hydrogens (tertiary/aromatic N) is 2. The van der Waals surface area contributed by atoms with Crippen molar-refractivity contribution in [2.45, 2.75) is 57.8 Å². The summed E-state index contributed by atoms with van der Waals surface area (Å²) >= 11 is 0. The summed E-state index contributed by atoms with van der Waals surface area (Å²) in [5.74, 6) is -0.819. The molecular weight excluding hydrogens is 411 g/mol. The molecule has 4 N–H and O–H groups in total. The molecule has 3 aliphatic rings. The van der Waals surface area contributed by atoms with Gasteiger partial charge in [0.1, 0.15) is 5.82 Å². The van der Waals surface area contributed by atoms with Crippen molar-refractivity contribution < 1.29 is 14.3 Å². The predicted molar refractivity (Wildman–Crippen MR) is 117 cm³/mol. The molecular formula is C24H23FN4O3. The van der Waals surface area contributed by atoms with Crippen LogP contribution in [0.25, 0.3) is 22.3 Å². The summed E-state index contributed by atoms with van der Waals surface area (Å²) in [5, 5.41) is 14.6. The average Bonchev–Trinajstić information content (AvgIpc) is 3.14. The molecule has 2 aromatic heterocycles. The minimum atomic E-state index is -1.77. The Morgan fingerprint density at radius 3 is 2.84 bits per heavy atom. The van der Waals surface area contributed by atoms with Crippen molar-refractivity contribution in [1.82, 2.24) is 14.9 Å². The van der Waals surface area contributed by atoms with Gasteiger partial charge in [0.2, 0.25) is 0 Å². The van der Waals surface area contributed by atoms with Crippen LogP contribution in [-0.2, 0) is 29.9 Å². The highest BCUT2D eigenvalue weighted by Crippen LogP contribution is 2.44. The van der Waals surface area contributed by atoms with E-state index in [1.54, 1.807) is 24.5 Å². The minimum absolute atomic E-state index is 0.0717. The number of hydrogen-bond acceptors (Lipinski definition) is 5. The molecule has 0 saturated carbocycles. The van der Waals surface area contributed by atoms with E-state index >= 15 is 0 Å². The zero-order valence-electron chi connectivity index (χ0n) is 17.9. The smallest absolute Gasteiger partial charge is 0.256 e. The van der Waals surface area contributed by atoms with Crippen LogP contribution in [0.3, 0.4) is 0 Å². The summed E-state index contributed by atoms with van der Waals surface area (Å²) < 4.78 is 16.3. The first-order chi connectivity index (χ1) is 15.3. The molecule has 8 heteroatoms. The average molecular weight is 434 g/mol. The third-order valence-corrected chi connectivity index (χ3v) is 7.54. The van der Waals surface area contributed by atoms with Gasteiger partial charge in [0.15, 0.2) is 5.60 Å². The minimum Gasteiger partial charge on any atom is -0.375 e. The highest BCUT2D eigenvalue weighted by atomic mass is 19.1. The Kier molecular flexibility index (Phi) is 3.81. The number of benzene rings is 1. The molecule has 0 radical (unpaired) electrons. The summed E-state index contributed by atoms with van der Waals surface area (Å²) in [6.45, 7) is 3.87. The number of fused-ring (bicyclic) bond motifs is 5. The Bertz CT molecular complexity index is 1440. The predicted octanol–water partition coefficient (Wildman–Crippen LogP) is 2.05. The van der Waals surface area contributed by atoms with Crippen LogP contribution in [0.15, 0.2) is 16.9 Å². The number of carbonyl (C=O) groups excluding carboxylic acids is 1. The van der Waals surface area contributed by atoms with Crippen molar-refractivity contribution >= 4 is 16.8 Å². The first-order valence-electron chi connectivity index (χ1n) is 10.9. The second kappa shape index (κ2) is 6.24. The maximum atomic E-state index is 14.7. The highest BCUT2D eigenvalue weighted by molar-refractivity contribution is 5.93. The van der Waals surface area contributed by atoms with E-state index in [1.165, 1.54) is 6.07 Å². The number of aryl methyl sites for hydroxylation is 1. The molecule has 2 aliphatic heterocycles. The van der Waals surface area contributed by atoms with Crippen molar-refractivity contribution in [3.63, 3.8) is 0 Å². The van der Waals surface area contributed by atoms with Gasteiger partial charge >= 0.3 is 0 Å². The fourth-order valence-electron chi connectivity index (χ4n) is 5.71. The summed E-state index contributed by atoms with van der Waals surface area (Å²) in [7, 11) is 0. The van der Waals surface area contributed by atoms with Crippen LogP contribution in [0.4, 0.5) is 4.39 Å². The Balaban J connectivity index is 1.70. The fraction of sp³-hybridized carbons (Fsp3) is 0.375. The highest BCUT2D eigenvalue weighted by Gasteiger charge is 2.44. The van der Waals surface area contributed by atoms with E-state index in [9.17, 15) is 19.1 Å². The van der Waals surface area contributed by atoms with Crippen LogP contribution in [0.2, 0.25) is 0 Å². The van der Waals surface area contributed by atoms with Gasteiger partial charge in [-0.1, -0.05) is 6.92 Å². The summed E-state index contributed by atoms with van der Waals surface area (Å²) in [6, 6.07) is 2.91. The number of aromatic nitrogens is 2. The van der Waals surface area contributed by atoms with E-state index in [2.05, 4.69) is 5.32 Å². The molecule has 7 nitrogen and oxygen atoms in total. The van der Waals surface area contributed by atoms with E-state index in [1.807, 2.05) is 0 Å². The van der Waals surface area contributed by atoms with Gasteiger partial charge in [-0.3, -0.25) is 9.59 Å². The normalized spacial score (nSPS) is 23.0. The molecule has 0 bridgehead atoms. The van der Waals surface area contributed by atoms with Crippen LogP contribution in [0.5, 0.6) is 0 Å². The molecule has 0 spiro atoms. The van der Waals surface area contributed by atoms with Gasteiger partial charge in [0.25, 0.3) is 11.5 Å². The van der Waals surface area contributed by atoms with Crippen molar-refractivity contribution in [2.75, 3.05) is 0 Å². The number of carbonyl (C=O) groups is 1. The molecule has 164 valence electrons. The standard InChI is InChI=1S/C24H23FN4O3/c1-3-24(32)14-6-18-21-13(9-29(18)22(30)12(14)8-27-23(24)31)19-16(26)5-4-11-10(2)15(25)7-17(28-21)20(11)19/h6-7,16,32H,3-5,8-9,26H2,1-2H3,(H,27,31)/t16-,24-/m1/s1. The van der Waals surface area contributed by atoms with Crippen molar-refractivity contribution in [1.29, 1.82) is 0 Å². The lowest BCUT2D eigenvalue weighted by Gasteiger charge is -2.32. The van der Waals surface area contributed by atoms with Crippen LogP contribution in [0, 0.1) is 12.7 Å². The first-order valence-corrected chi connectivity index (χ1v) is 10.9. The number of halogens is 1. The SMILES string of the molecule is CC[C@]1(O)C(=O)NCc2c1cc1n(c2=O)Cc2c-1nc1cc(F)c(C)c3c1c2[C@H](N)CC3. The monoisotopic (exact) mass is 434 g/mol. The number of pyridine rings is 2. The van der Waals surface area contributed by atoms with Gasteiger partial charge in [-0.05, 0) is 48.9 Å². The van der Waals surface area contributed by atoms with Crippen LogP contribution < -0.4 is 16.6 Å². The summed E-state index contributed by atoms with van der Waals surface area (Å²) in [5.41, 5.74) is 10.2. The Morgan fingerprint density at radius 2 is 2.09 bits per heavy atom. The zero-order valence-corrected chi connectivity index (χ0v) is 17.9. The molecule has 1 amide bonds. The molecule has 4 heterocycles. The molecule has 32 heavy (non-hydrogen) atoms. The Morgan fingerprint density at radius 1 is 1.31 bits per heavy atom. The lowest BCUT2D eigenvalue weighted by atomic mass is 9.82. The van der Waals surface area contributed by atoms with Crippen molar-refractivity contribution in [2.24, 2.45) is 5.73 Å². The van der Waals surface area contributed by atoms with Crippen LogP contribution in [-0.4, -0.2) is 20.6 Å². The van der Waals surface area contributed by atoms with Gasteiger partial charge in [0.05, 0.1) is 23.4 Å². The molecule has 0 fully saturated rings. The summed E-state index contributed by atoms with van der Waals surface area (Å²) in [4.78, 5) is 30.7. The third kappa shape index (κ3) is 2.23. The van der Waals surface area contributed by atoms with E-state index in [0.717, 1.165) is 22.1 Å². The quantitative estimate of drug-likeness (QED) is 0.425. The van der Waals surface area contributed by atoms with Crippen LogP contribution >= 0.6 is 0 Å². The fourth-order valence-corrected chi connectivity index (χ4v) is 5.71. The number of amides is 1. The zero-order chi connectivity index (χ0) is 22.5. The third-order valence-electron chi connectivity index (χ3n) is 7.54. The maximum absolute atomic E-state index is 14.7. The Labute approximate surface area is 183 Å². The second-order valence-corrected chi connectivity index (χ2v) is 9.06. The maximum Gasteiger partial charge on any atom is 0.256 e. The van der Waals surface area contributed by atoms with Gasteiger partial charge in [-0.2, -0.15) is 0 Å². The van der Waals surface area contributed by atoms with E-state index in [-0.39, 0.29) is 30.4 Å². The van der Waals surface area contributed by atoms with E-state index < -0.39 is 11.5 Å². The second-order valence-electron chi connectivity index (χ2n) is 9.06. The number of nitrogens with two attached hydrogens (primary N) is 1. The van der Waals surface area contributed by atoms with E-state index in [4.69, 9.17) is 10.7 Å². The molecule has 6 rings (SSSR count). The topological polar surface area (TPSA) is 110 Å². The summed E-state index contributed by atoms with van der Waals surface area (Å²) in [6.07, 6.45) is 1.52. The lowest BCUT2D eigenvalue weighted by molar-refractivity contribution is -0.142. The largest absolute Gasteiger partial charge is 0.375 e.